The van der Waals surface area contributed by atoms with Crippen LogP contribution in [0.1, 0.15) is 57.9 Å². The molecule has 1 heterocycles. The van der Waals surface area contributed by atoms with Crippen LogP contribution >= 0.6 is 11.6 Å². The Bertz CT molecular complexity index is 400. The normalized spacial score (nSPS) is 18.3. The van der Waals surface area contributed by atoms with Crippen LogP contribution in [-0.4, -0.2) is 16.0 Å². The number of hydrogen-bond donors (Lipinski definition) is 1. The van der Waals surface area contributed by atoms with E-state index in [2.05, 4.69) is 36.1 Å². The Morgan fingerprint density at radius 2 is 1.89 bits per heavy atom. The van der Waals surface area contributed by atoms with Crippen molar-refractivity contribution in [3.63, 3.8) is 0 Å². The van der Waals surface area contributed by atoms with E-state index >= 15 is 0 Å². The highest BCUT2D eigenvalue weighted by Crippen LogP contribution is 2.32. The van der Waals surface area contributed by atoms with Crippen molar-refractivity contribution in [3.8, 4) is 0 Å². The molecule has 0 radical (unpaired) electrons. The fraction of sp³-hybridized carbons (Fsp3) is 0.714. The molecule has 1 N–H and O–H groups in total. The lowest BCUT2D eigenvalue weighted by atomic mass is 9.99. The third kappa shape index (κ3) is 2.94. The van der Waals surface area contributed by atoms with Crippen LogP contribution in [0.4, 0.5) is 5.82 Å². The third-order valence-electron chi connectivity index (χ3n) is 3.88. The number of hydrogen-bond acceptors (Lipinski definition) is 3. The smallest absolute Gasteiger partial charge is 0.138 e. The molecule has 1 aromatic heterocycles. The SMILES string of the molecule is CC(C)c1c(Cl)ncnc1NC(C)C1CCCC1. The van der Waals surface area contributed by atoms with Gasteiger partial charge >= 0.3 is 0 Å². The average Bonchev–Trinajstić information content (AvgIpc) is 2.81. The highest BCUT2D eigenvalue weighted by Gasteiger charge is 2.23. The average molecular weight is 268 g/mol. The van der Waals surface area contributed by atoms with E-state index in [1.54, 1.807) is 0 Å². The predicted octanol–water partition coefficient (Wildman–Crippen LogP) is 4.24. The van der Waals surface area contributed by atoms with Crippen LogP contribution in [0.15, 0.2) is 6.33 Å². The highest BCUT2D eigenvalue weighted by molar-refractivity contribution is 6.30. The quantitative estimate of drug-likeness (QED) is 0.829. The molecule has 0 aromatic carbocycles. The molecule has 0 bridgehead atoms. The molecule has 0 aliphatic heterocycles. The van der Waals surface area contributed by atoms with Crippen LogP contribution in [-0.2, 0) is 0 Å². The number of anilines is 1. The van der Waals surface area contributed by atoms with Crippen LogP contribution < -0.4 is 5.32 Å². The minimum absolute atomic E-state index is 0.331. The van der Waals surface area contributed by atoms with Gasteiger partial charge in [-0.25, -0.2) is 9.97 Å². The standard InChI is InChI=1S/C14H22ClN3/c1-9(2)12-13(15)16-8-17-14(12)18-10(3)11-6-4-5-7-11/h8-11H,4-7H2,1-3H3,(H,16,17,18). The lowest BCUT2D eigenvalue weighted by Crippen LogP contribution is -2.25. The molecule has 4 heteroatoms. The summed E-state index contributed by atoms with van der Waals surface area (Å²) in [5, 5.41) is 4.11. The maximum atomic E-state index is 6.18. The number of nitrogens with one attached hydrogen (secondary N) is 1. The van der Waals surface area contributed by atoms with Crippen molar-refractivity contribution in [2.24, 2.45) is 5.92 Å². The minimum Gasteiger partial charge on any atom is -0.367 e. The largest absolute Gasteiger partial charge is 0.367 e. The van der Waals surface area contributed by atoms with Crippen molar-refractivity contribution >= 4 is 17.4 Å². The summed E-state index contributed by atoms with van der Waals surface area (Å²) in [7, 11) is 0. The molecule has 1 aliphatic carbocycles. The van der Waals surface area contributed by atoms with Gasteiger partial charge in [-0.05, 0) is 31.6 Å². The molecule has 1 unspecified atom stereocenters. The van der Waals surface area contributed by atoms with Crippen molar-refractivity contribution in [2.75, 3.05) is 5.32 Å². The monoisotopic (exact) mass is 267 g/mol. The Morgan fingerprint density at radius 3 is 2.50 bits per heavy atom. The zero-order valence-electron chi connectivity index (χ0n) is 11.4. The Kier molecular flexibility index (Phi) is 4.44. The molecule has 18 heavy (non-hydrogen) atoms. The summed E-state index contributed by atoms with van der Waals surface area (Å²) in [6, 6.07) is 0.455. The summed E-state index contributed by atoms with van der Waals surface area (Å²) in [6.45, 7) is 6.49. The van der Waals surface area contributed by atoms with Crippen LogP contribution in [0.2, 0.25) is 5.15 Å². The summed E-state index contributed by atoms with van der Waals surface area (Å²) < 4.78 is 0. The predicted molar refractivity (Wildman–Crippen MR) is 76.2 cm³/mol. The summed E-state index contributed by atoms with van der Waals surface area (Å²) in [5.41, 5.74) is 1.03. The van der Waals surface area contributed by atoms with Crippen molar-refractivity contribution in [2.45, 2.75) is 58.4 Å². The van der Waals surface area contributed by atoms with Gasteiger partial charge in [0.15, 0.2) is 0 Å². The van der Waals surface area contributed by atoms with E-state index in [9.17, 15) is 0 Å². The summed E-state index contributed by atoms with van der Waals surface area (Å²) in [6.07, 6.45) is 6.91. The maximum Gasteiger partial charge on any atom is 0.138 e. The number of rotatable bonds is 4. The fourth-order valence-corrected chi connectivity index (χ4v) is 3.14. The van der Waals surface area contributed by atoms with Gasteiger partial charge in [0.1, 0.15) is 17.3 Å². The summed E-state index contributed by atoms with van der Waals surface area (Å²) in [4.78, 5) is 8.45. The number of nitrogens with zero attached hydrogens (tertiary/aromatic N) is 2. The molecule has 1 atom stereocenters. The summed E-state index contributed by atoms with van der Waals surface area (Å²) in [5.74, 6) is 2.00. The molecule has 2 rings (SSSR count). The van der Waals surface area contributed by atoms with E-state index < -0.39 is 0 Å². The second-order valence-corrected chi connectivity index (χ2v) is 5.92. The van der Waals surface area contributed by atoms with Crippen LogP contribution in [0, 0.1) is 5.92 Å². The molecule has 0 saturated heterocycles. The fourth-order valence-electron chi connectivity index (χ4n) is 2.79. The van der Waals surface area contributed by atoms with Crippen LogP contribution in [0.25, 0.3) is 0 Å². The highest BCUT2D eigenvalue weighted by atomic mass is 35.5. The molecule has 0 spiro atoms. The lowest BCUT2D eigenvalue weighted by Gasteiger charge is -2.23. The first-order valence-electron chi connectivity index (χ1n) is 6.86. The Morgan fingerprint density at radius 1 is 1.22 bits per heavy atom. The van der Waals surface area contributed by atoms with Gasteiger partial charge in [-0.15, -0.1) is 0 Å². The van der Waals surface area contributed by atoms with Gasteiger partial charge in [-0.1, -0.05) is 38.3 Å². The van der Waals surface area contributed by atoms with Gasteiger partial charge < -0.3 is 5.32 Å². The Labute approximate surface area is 114 Å². The summed E-state index contributed by atoms with van der Waals surface area (Å²) >= 11 is 6.18. The van der Waals surface area contributed by atoms with Crippen molar-refractivity contribution < 1.29 is 0 Å². The molecule has 1 aromatic rings. The second-order valence-electron chi connectivity index (χ2n) is 5.56. The van der Waals surface area contributed by atoms with Crippen molar-refractivity contribution in [1.82, 2.24) is 9.97 Å². The molecule has 1 fully saturated rings. The van der Waals surface area contributed by atoms with E-state index in [4.69, 9.17) is 11.6 Å². The van der Waals surface area contributed by atoms with Gasteiger partial charge in [-0.3, -0.25) is 0 Å². The third-order valence-corrected chi connectivity index (χ3v) is 4.19. The van der Waals surface area contributed by atoms with Gasteiger partial charge in [0.25, 0.3) is 0 Å². The first-order chi connectivity index (χ1) is 8.59. The molecule has 0 amide bonds. The molecule has 1 saturated carbocycles. The first kappa shape index (κ1) is 13.6. The van der Waals surface area contributed by atoms with E-state index in [0.29, 0.717) is 17.1 Å². The van der Waals surface area contributed by atoms with E-state index in [0.717, 1.165) is 17.3 Å². The van der Waals surface area contributed by atoms with Gasteiger partial charge in [0.05, 0.1) is 0 Å². The topological polar surface area (TPSA) is 37.8 Å². The zero-order valence-corrected chi connectivity index (χ0v) is 12.2. The van der Waals surface area contributed by atoms with Crippen molar-refractivity contribution in [1.29, 1.82) is 0 Å². The number of halogens is 1. The molecule has 1 aliphatic rings. The van der Waals surface area contributed by atoms with Gasteiger partial charge in [0, 0.05) is 11.6 Å². The second kappa shape index (κ2) is 5.87. The van der Waals surface area contributed by atoms with Gasteiger partial charge in [-0.2, -0.15) is 0 Å². The van der Waals surface area contributed by atoms with E-state index in [-0.39, 0.29) is 0 Å². The van der Waals surface area contributed by atoms with Crippen LogP contribution in [0.3, 0.4) is 0 Å². The Hall–Kier alpha value is -0.830. The Balaban J connectivity index is 2.15. The zero-order chi connectivity index (χ0) is 13.1. The molecule has 100 valence electrons. The minimum atomic E-state index is 0.331. The maximum absolute atomic E-state index is 6.18. The molecule has 3 nitrogen and oxygen atoms in total. The first-order valence-corrected chi connectivity index (χ1v) is 7.24. The molecular weight excluding hydrogens is 246 g/mol. The van der Waals surface area contributed by atoms with E-state index in [1.165, 1.54) is 32.0 Å². The molecular formula is C14H22ClN3. The van der Waals surface area contributed by atoms with E-state index in [1.807, 2.05) is 0 Å². The van der Waals surface area contributed by atoms with Crippen molar-refractivity contribution in [3.05, 3.63) is 17.0 Å². The lowest BCUT2D eigenvalue weighted by molar-refractivity contribution is 0.480. The van der Waals surface area contributed by atoms with Crippen LogP contribution in [0.5, 0.6) is 0 Å². The van der Waals surface area contributed by atoms with Gasteiger partial charge in [0.2, 0.25) is 0 Å². The number of aromatic nitrogens is 2.